The molecule has 3 aromatic rings. The predicted octanol–water partition coefficient (Wildman–Crippen LogP) is 5.18. The van der Waals surface area contributed by atoms with Crippen LogP contribution in [0, 0.1) is 6.92 Å². The van der Waals surface area contributed by atoms with E-state index in [2.05, 4.69) is 20.6 Å². The summed E-state index contributed by atoms with van der Waals surface area (Å²) >= 11 is 12.2. The summed E-state index contributed by atoms with van der Waals surface area (Å²) in [5.41, 5.74) is 9.00. The Hall–Kier alpha value is -2.90. The van der Waals surface area contributed by atoms with Crippen LogP contribution in [0.3, 0.4) is 0 Å². The Morgan fingerprint density at radius 3 is 2.14 bits per heavy atom. The first-order chi connectivity index (χ1) is 13.4. The molecule has 0 aliphatic rings. The molecule has 146 valence electrons. The highest BCUT2D eigenvalue weighted by atomic mass is 35.5. The molecular weight excluding hydrogens is 401 g/mol. The van der Waals surface area contributed by atoms with Gasteiger partial charge in [0, 0.05) is 16.8 Å². The number of nitrogens with zero attached hydrogens (tertiary/aromatic N) is 2. The van der Waals surface area contributed by atoms with E-state index in [4.69, 9.17) is 38.4 Å². The minimum atomic E-state index is 0.339. The van der Waals surface area contributed by atoms with Crippen molar-refractivity contribution < 1.29 is 9.47 Å². The number of nitrogen functional groups attached to an aromatic ring is 1. The second-order valence-corrected chi connectivity index (χ2v) is 6.72. The van der Waals surface area contributed by atoms with E-state index in [1.807, 2.05) is 19.1 Å². The van der Waals surface area contributed by atoms with Crippen LogP contribution in [0.5, 0.6) is 11.5 Å². The Kier molecular flexibility index (Phi) is 5.96. The fourth-order valence-corrected chi connectivity index (χ4v) is 3.04. The second-order valence-electron chi connectivity index (χ2n) is 5.88. The zero-order valence-electron chi connectivity index (χ0n) is 15.5. The van der Waals surface area contributed by atoms with Crippen LogP contribution in [0.15, 0.2) is 36.7 Å². The maximum absolute atomic E-state index is 6.27. The number of rotatable bonds is 6. The summed E-state index contributed by atoms with van der Waals surface area (Å²) in [6.07, 6.45) is 1.41. The van der Waals surface area contributed by atoms with Gasteiger partial charge >= 0.3 is 0 Å². The van der Waals surface area contributed by atoms with E-state index in [1.54, 1.807) is 25.3 Å². The van der Waals surface area contributed by atoms with E-state index >= 15 is 0 Å². The lowest BCUT2D eigenvalue weighted by atomic mass is 10.2. The van der Waals surface area contributed by atoms with Gasteiger partial charge in [-0.2, -0.15) is 0 Å². The summed E-state index contributed by atoms with van der Waals surface area (Å²) in [5.74, 6) is 1.90. The standard InChI is InChI=1S/C19H19Cl2N5O2/c1-10-6-11(20)4-5-13(10)25-18-17(22)19(24-9-23-18)26-14-7-12(21)15(27-2)8-16(14)28-3/h4-9H,22H2,1-3H3,(H2,23,24,25,26). The van der Waals surface area contributed by atoms with Crippen LogP contribution in [-0.2, 0) is 0 Å². The third kappa shape index (κ3) is 4.16. The number of nitrogens with one attached hydrogen (secondary N) is 2. The molecule has 0 spiro atoms. The van der Waals surface area contributed by atoms with Crippen molar-refractivity contribution in [2.24, 2.45) is 0 Å². The zero-order chi connectivity index (χ0) is 20.3. The van der Waals surface area contributed by atoms with Gasteiger partial charge in [-0.1, -0.05) is 23.2 Å². The van der Waals surface area contributed by atoms with Crippen molar-refractivity contribution in [3.63, 3.8) is 0 Å². The van der Waals surface area contributed by atoms with Crippen LogP contribution in [0.1, 0.15) is 5.56 Å². The van der Waals surface area contributed by atoms with Crippen LogP contribution >= 0.6 is 23.2 Å². The zero-order valence-corrected chi connectivity index (χ0v) is 17.0. The molecule has 9 heteroatoms. The smallest absolute Gasteiger partial charge is 0.159 e. The van der Waals surface area contributed by atoms with Gasteiger partial charge in [0.15, 0.2) is 11.6 Å². The number of hydrogen-bond acceptors (Lipinski definition) is 7. The van der Waals surface area contributed by atoms with E-state index in [1.165, 1.54) is 13.4 Å². The highest BCUT2D eigenvalue weighted by molar-refractivity contribution is 6.32. The molecule has 1 heterocycles. The number of aryl methyl sites for hydroxylation is 1. The predicted molar refractivity (Wildman–Crippen MR) is 114 cm³/mol. The van der Waals surface area contributed by atoms with Crippen LogP contribution in [0.2, 0.25) is 10.0 Å². The molecule has 0 atom stereocenters. The lowest BCUT2D eigenvalue weighted by Gasteiger charge is -2.16. The molecule has 0 aliphatic carbocycles. The molecular formula is C19H19Cl2N5O2. The van der Waals surface area contributed by atoms with Crippen molar-refractivity contribution in [1.82, 2.24) is 9.97 Å². The topological polar surface area (TPSA) is 94.3 Å². The summed E-state index contributed by atoms with van der Waals surface area (Å²) in [4.78, 5) is 8.45. The highest BCUT2D eigenvalue weighted by Gasteiger charge is 2.14. The Balaban J connectivity index is 1.92. The SMILES string of the molecule is COc1cc(OC)c(Nc2ncnc(Nc3ccc(Cl)cc3C)c2N)cc1Cl. The van der Waals surface area contributed by atoms with Crippen LogP contribution in [-0.4, -0.2) is 24.2 Å². The van der Waals surface area contributed by atoms with Gasteiger partial charge in [0.2, 0.25) is 0 Å². The van der Waals surface area contributed by atoms with Crippen molar-refractivity contribution >= 4 is 51.9 Å². The highest BCUT2D eigenvalue weighted by Crippen LogP contribution is 2.38. The number of nitrogens with two attached hydrogens (primary N) is 1. The Labute approximate surface area is 172 Å². The number of methoxy groups -OCH3 is 2. The molecule has 1 aromatic heterocycles. The first-order valence-corrected chi connectivity index (χ1v) is 9.00. The van der Waals surface area contributed by atoms with Gasteiger partial charge in [-0.25, -0.2) is 9.97 Å². The van der Waals surface area contributed by atoms with Gasteiger partial charge in [-0.15, -0.1) is 0 Å². The molecule has 0 amide bonds. The lowest BCUT2D eigenvalue weighted by molar-refractivity contribution is 0.396. The van der Waals surface area contributed by atoms with Gasteiger partial charge in [-0.05, 0) is 36.8 Å². The molecule has 3 rings (SSSR count). The average molecular weight is 420 g/mol. The van der Waals surface area contributed by atoms with Crippen molar-refractivity contribution in [3.8, 4) is 11.5 Å². The van der Waals surface area contributed by atoms with Gasteiger partial charge in [0.05, 0.1) is 24.9 Å². The van der Waals surface area contributed by atoms with Crippen molar-refractivity contribution in [2.75, 3.05) is 30.6 Å². The third-order valence-electron chi connectivity index (χ3n) is 4.05. The molecule has 0 radical (unpaired) electrons. The van der Waals surface area contributed by atoms with E-state index in [9.17, 15) is 0 Å². The first-order valence-electron chi connectivity index (χ1n) is 8.25. The molecule has 0 saturated heterocycles. The van der Waals surface area contributed by atoms with Gasteiger partial charge in [0.25, 0.3) is 0 Å². The average Bonchev–Trinajstić information content (AvgIpc) is 2.67. The third-order valence-corrected chi connectivity index (χ3v) is 4.58. The minimum absolute atomic E-state index is 0.339. The molecule has 0 unspecified atom stereocenters. The summed E-state index contributed by atoms with van der Waals surface area (Å²) < 4.78 is 10.6. The maximum atomic E-state index is 6.27. The Morgan fingerprint density at radius 2 is 1.54 bits per heavy atom. The number of hydrogen-bond donors (Lipinski definition) is 3. The lowest BCUT2D eigenvalue weighted by Crippen LogP contribution is -2.06. The normalized spacial score (nSPS) is 10.5. The van der Waals surface area contributed by atoms with Crippen LogP contribution in [0.25, 0.3) is 0 Å². The fraction of sp³-hybridized carbons (Fsp3) is 0.158. The number of halogens is 2. The summed E-state index contributed by atoms with van der Waals surface area (Å²) in [5, 5.41) is 7.41. The maximum Gasteiger partial charge on any atom is 0.159 e. The Morgan fingerprint density at radius 1 is 0.893 bits per heavy atom. The number of aromatic nitrogens is 2. The second kappa shape index (κ2) is 8.41. The molecule has 0 bridgehead atoms. The van der Waals surface area contributed by atoms with Crippen LogP contribution in [0.4, 0.5) is 28.7 Å². The molecule has 28 heavy (non-hydrogen) atoms. The molecule has 0 fully saturated rings. The summed E-state index contributed by atoms with van der Waals surface area (Å²) in [6, 6.07) is 8.86. The van der Waals surface area contributed by atoms with E-state index in [-0.39, 0.29) is 0 Å². The van der Waals surface area contributed by atoms with Gasteiger partial charge in [-0.3, -0.25) is 0 Å². The Bertz CT molecular complexity index is 1010. The molecule has 2 aromatic carbocycles. The van der Waals surface area contributed by atoms with Gasteiger partial charge in [0.1, 0.15) is 23.5 Å². The summed E-state index contributed by atoms with van der Waals surface area (Å²) in [6.45, 7) is 1.94. The molecule has 4 N–H and O–H groups in total. The van der Waals surface area contributed by atoms with E-state index in [0.29, 0.717) is 44.6 Å². The van der Waals surface area contributed by atoms with Crippen LogP contribution < -0.4 is 25.8 Å². The molecule has 0 aliphatic heterocycles. The van der Waals surface area contributed by atoms with Crippen molar-refractivity contribution in [1.29, 1.82) is 0 Å². The van der Waals surface area contributed by atoms with Crippen molar-refractivity contribution in [2.45, 2.75) is 6.92 Å². The molecule has 0 saturated carbocycles. The molecule has 7 nitrogen and oxygen atoms in total. The van der Waals surface area contributed by atoms with Gasteiger partial charge < -0.3 is 25.8 Å². The first kappa shape index (κ1) is 19.9. The number of anilines is 5. The van der Waals surface area contributed by atoms with E-state index in [0.717, 1.165) is 11.3 Å². The summed E-state index contributed by atoms with van der Waals surface area (Å²) in [7, 11) is 3.08. The van der Waals surface area contributed by atoms with Crippen molar-refractivity contribution in [3.05, 3.63) is 52.3 Å². The monoisotopic (exact) mass is 419 g/mol. The van der Waals surface area contributed by atoms with E-state index < -0.39 is 0 Å². The number of ether oxygens (including phenoxy) is 2. The quantitative estimate of drug-likeness (QED) is 0.506. The largest absolute Gasteiger partial charge is 0.495 e. The minimum Gasteiger partial charge on any atom is -0.495 e. The number of benzene rings is 2. The fourth-order valence-electron chi connectivity index (χ4n) is 2.57.